The van der Waals surface area contributed by atoms with Crippen LogP contribution in [-0.4, -0.2) is 61.9 Å². The van der Waals surface area contributed by atoms with Crippen molar-refractivity contribution < 1.29 is 4.74 Å². The number of ether oxygens (including phenoxy) is 1. The molecule has 1 aliphatic heterocycles. The van der Waals surface area contributed by atoms with Gasteiger partial charge in [-0.3, -0.25) is 4.90 Å². The molecule has 1 saturated heterocycles. The van der Waals surface area contributed by atoms with Gasteiger partial charge < -0.3 is 15.4 Å². The zero-order valence-electron chi connectivity index (χ0n) is 14.8. The fraction of sp³-hybridized carbons (Fsp3) is 1.00. The van der Waals surface area contributed by atoms with Gasteiger partial charge in [-0.15, -0.1) is 12.4 Å². The average Bonchev–Trinajstić information content (AvgIpc) is 2.92. The van der Waals surface area contributed by atoms with E-state index in [0.717, 1.165) is 38.8 Å². The summed E-state index contributed by atoms with van der Waals surface area (Å²) in [4.78, 5) is 2.57. The Morgan fingerprint density at radius 3 is 2.50 bits per heavy atom. The van der Waals surface area contributed by atoms with Crippen LogP contribution in [0.1, 0.15) is 47.0 Å². The summed E-state index contributed by atoms with van der Waals surface area (Å²) in [5.74, 6) is 0.747. The average molecular weight is 334 g/mol. The molecule has 4 nitrogen and oxygen atoms in total. The number of nitrogens with one attached hydrogen (secondary N) is 2. The maximum Gasteiger partial charge on any atom is 0.0623 e. The van der Waals surface area contributed by atoms with Gasteiger partial charge in [0.25, 0.3) is 0 Å². The molecule has 2 aliphatic rings. The maximum atomic E-state index is 5.65. The third-order valence-corrected chi connectivity index (χ3v) is 5.14. The van der Waals surface area contributed by atoms with Crippen molar-refractivity contribution in [2.75, 3.05) is 32.8 Å². The van der Waals surface area contributed by atoms with E-state index in [1.165, 1.54) is 19.3 Å². The zero-order valence-corrected chi connectivity index (χ0v) is 15.6. The van der Waals surface area contributed by atoms with Crippen LogP contribution in [0.2, 0.25) is 0 Å². The number of morpholine rings is 1. The molecule has 2 N–H and O–H groups in total. The molecule has 0 spiro atoms. The van der Waals surface area contributed by atoms with Crippen LogP contribution in [0.5, 0.6) is 0 Å². The first-order valence-electron chi connectivity index (χ1n) is 8.90. The first-order chi connectivity index (χ1) is 10.1. The number of hydrogen-bond acceptors (Lipinski definition) is 4. The van der Waals surface area contributed by atoms with Crippen molar-refractivity contribution in [1.82, 2.24) is 15.5 Å². The highest BCUT2D eigenvalue weighted by Crippen LogP contribution is 2.29. The fourth-order valence-corrected chi connectivity index (χ4v) is 4.08. The summed E-state index contributed by atoms with van der Waals surface area (Å²) in [6.45, 7) is 14.2. The molecule has 0 aromatic rings. The third kappa shape index (κ3) is 5.64. The predicted octanol–water partition coefficient (Wildman–Crippen LogP) is 2.27. The predicted molar refractivity (Wildman–Crippen MR) is 96.0 cm³/mol. The molecule has 132 valence electrons. The second kappa shape index (κ2) is 10.1. The van der Waals surface area contributed by atoms with E-state index in [0.29, 0.717) is 24.2 Å². The van der Waals surface area contributed by atoms with Gasteiger partial charge in [-0.1, -0.05) is 6.42 Å². The fourth-order valence-electron chi connectivity index (χ4n) is 4.08. The molecule has 2 fully saturated rings. The van der Waals surface area contributed by atoms with Crippen molar-refractivity contribution in [3.8, 4) is 0 Å². The van der Waals surface area contributed by atoms with Crippen LogP contribution in [0.25, 0.3) is 0 Å². The molecule has 22 heavy (non-hydrogen) atoms. The van der Waals surface area contributed by atoms with E-state index in [1.54, 1.807) is 0 Å². The van der Waals surface area contributed by atoms with E-state index in [4.69, 9.17) is 4.74 Å². The monoisotopic (exact) mass is 333 g/mol. The van der Waals surface area contributed by atoms with Gasteiger partial charge in [-0.2, -0.15) is 0 Å². The summed E-state index contributed by atoms with van der Waals surface area (Å²) < 4.78 is 5.65. The molecule has 0 aromatic heterocycles. The van der Waals surface area contributed by atoms with Gasteiger partial charge in [-0.05, 0) is 46.5 Å². The van der Waals surface area contributed by atoms with E-state index in [2.05, 4.69) is 43.2 Å². The highest BCUT2D eigenvalue weighted by atomic mass is 35.5. The first-order valence-corrected chi connectivity index (χ1v) is 8.90. The Morgan fingerprint density at radius 1 is 1.18 bits per heavy atom. The summed E-state index contributed by atoms with van der Waals surface area (Å²) in [5.41, 5.74) is 0. The molecule has 3 atom stereocenters. The maximum absolute atomic E-state index is 5.65. The van der Waals surface area contributed by atoms with Crippen molar-refractivity contribution in [2.24, 2.45) is 5.92 Å². The molecular formula is C17H36ClN3O. The lowest BCUT2D eigenvalue weighted by molar-refractivity contribution is 0.0521. The Kier molecular flexibility index (Phi) is 9.25. The molecule has 0 radical (unpaired) electrons. The van der Waals surface area contributed by atoms with Gasteiger partial charge in [0.05, 0.1) is 13.2 Å². The quantitative estimate of drug-likeness (QED) is 0.749. The Bertz CT molecular complexity index is 288. The van der Waals surface area contributed by atoms with Crippen molar-refractivity contribution >= 4 is 12.4 Å². The van der Waals surface area contributed by atoms with E-state index < -0.39 is 0 Å². The topological polar surface area (TPSA) is 36.5 Å². The largest absolute Gasteiger partial charge is 0.379 e. The van der Waals surface area contributed by atoms with Crippen LogP contribution in [0.4, 0.5) is 0 Å². The van der Waals surface area contributed by atoms with Gasteiger partial charge in [0, 0.05) is 43.8 Å². The second-order valence-corrected chi connectivity index (χ2v) is 7.22. The Hall–Kier alpha value is 0.130. The lowest BCUT2D eigenvalue weighted by atomic mass is 9.94. The Labute approximate surface area is 143 Å². The van der Waals surface area contributed by atoms with Gasteiger partial charge in [0.1, 0.15) is 0 Å². The molecule has 0 amide bonds. The minimum absolute atomic E-state index is 0. The molecular weight excluding hydrogens is 298 g/mol. The summed E-state index contributed by atoms with van der Waals surface area (Å²) >= 11 is 0. The minimum atomic E-state index is 0. The van der Waals surface area contributed by atoms with Crippen LogP contribution >= 0.6 is 12.4 Å². The summed E-state index contributed by atoms with van der Waals surface area (Å²) in [5, 5.41) is 7.48. The Balaban J connectivity index is 0.00000242. The second-order valence-electron chi connectivity index (χ2n) is 7.22. The van der Waals surface area contributed by atoms with Crippen LogP contribution in [0.15, 0.2) is 0 Å². The smallest absolute Gasteiger partial charge is 0.0623 e. The zero-order chi connectivity index (χ0) is 15.2. The van der Waals surface area contributed by atoms with Crippen molar-refractivity contribution in [3.63, 3.8) is 0 Å². The summed E-state index contributed by atoms with van der Waals surface area (Å²) in [7, 11) is 0. The normalized spacial score (nSPS) is 29.3. The molecule has 1 aliphatic carbocycles. The van der Waals surface area contributed by atoms with Crippen molar-refractivity contribution in [1.29, 1.82) is 0 Å². The molecule has 5 heteroatoms. The van der Waals surface area contributed by atoms with E-state index in [9.17, 15) is 0 Å². The molecule has 3 unspecified atom stereocenters. The van der Waals surface area contributed by atoms with Crippen LogP contribution in [-0.2, 0) is 4.74 Å². The molecule has 1 saturated carbocycles. The number of nitrogens with zero attached hydrogens (tertiary/aromatic N) is 1. The van der Waals surface area contributed by atoms with Gasteiger partial charge in [0.15, 0.2) is 0 Å². The minimum Gasteiger partial charge on any atom is -0.379 e. The SMILES string of the molecule is CC(C)N(CCNC1CCCC1C1COCCN1)C(C)C.Cl. The van der Waals surface area contributed by atoms with Crippen LogP contribution in [0, 0.1) is 5.92 Å². The van der Waals surface area contributed by atoms with Gasteiger partial charge >= 0.3 is 0 Å². The van der Waals surface area contributed by atoms with Crippen LogP contribution < -0.4 is 10.6 Å². The third-order valence-electron chi connectivity index (χ3n) is 5.14. The van der Waals surface area contributed by atoms with Crippen molar-refractivity contribution in [3.05, 3.63) is 0 Å². The summed E-state index contributed by atoms with van der Waals surface area (Å²) in [6, 6.07) is 2.48. The number of hydrogen-bond donors (Lipinski definition) is 2. The summed E-state index contributed by atoms with van der Waals surface area (Å²) in [6.07, 6.45) is 4.03. The van der Waals surface area contributed by atoms with E-state index in [-0.39, 0.29) is 12.4 Å². The molecule has 2 rings (SSSR count). The first kappa shape index (κ1) is 20.2. The van der Waals surface area contributed by atoms with E-state index >= 15 is 0 Å². The lowest BCUT2D eigenvalue weighted by Gasteiger charge is -2.34. The van der Waals surface area contributed by atoms with Crippen LogP contribution in [0.3, 0.4) is 0 Å². The number of rotatable bonds is 7. The molecule has 1 heterocycles. The van der Waals surface area contributed by atoms with E-state index in [1.807, 2.05) is 0 Å². The van der Waals surface area contributed by atoms with Gasteiger partial charge in [0.2, 0.25) is 0 Å². The highest BCUT2D eigenvalue weighted by Gasteiger charge is 2.34. The molecule has 0 bridgehead atoms. The standard InChI is InChI=1S/C17H35N3O.ClH/c1-13(2)20(14(3)4)10-8-18-16-7-5-6-15(16)17-12-21-11-9-19-17;/h13-19H,5-12H2,1-4H3;1H. The highest BCUT2D eigenvalue weighted by molar-refractivity contribution is 5.85. The van der Waals surface area contributed by atoms with Gasteiger partial charge in [-0.25, -0.2) is 0 Å². The molecule has 0 aromatic carbocycles. The van der Waals surface area contributed by atoms with Crippen molar-refractivity contribution in [2.45, 2.75) is 71.1 Å². The number of halogens is 1. The lowest BCUT2D eigenvalue weighted by Crippen LogP contribution is -2.52. The Morgan fingerprint density at radius 2 is 1.91 bits per heavy atom.